The van der Waals surface area contributed by atoms with Crippen molar-refractivity contribution in [1.29, 1.82) is 0 Å². The molecule has 0 aliphatic carbocycles. The van der Waals surface area contributed by atoms with Crippen LogP contribution < -0.4 is 10.1 Å². The number of ether oxygens (including phenoxy) is 2. The van der Waals surface area contributed by atoms with Crippen LogP contribution in [0.4, 0.5) is 5.69 Å². The predicted octanol–water partition coefficient (Wildman–Crippen LogP) is 2.83. The van der Waals surface area contributed by atoms with Crippen LogP contribution in [0.25, 0.3) is 0 Å². The highest BCUT2D eigenvalue weighted by Crippen LogP contribution is 2.30. The molecule has 0 radical (unpaired) electrons. The van der Waals surface area contributed by atoms with Gasteiger partial charge in [0.25, 0.3) is 11.8 Å². The first-order chi connectivity index (χ1) is 15.4. The second-order valence-corrected chi connectivity index (χ2v) is 7.35. The largest absolute Gasteiger partial charge is 0.478 e. The smallest absolute Gasteiger partial charge is 0.328 e. The lowest BCUT2D eigenvalue weighted by Crippen LogP contribution is -2.36. The molecule has 9 heteroatoms. The summed E-state index contributed by atoms with van der Waals surface area (Å²) >= 11 is 0. The zero-order valence-corrected chi connectivity index (χ0v) is 16.9. The van der Waals surface area contributed by atoms with E-state index in [0.717, 1.165) is 25.0 Å². The van der Waals surface area contributed by atoms with Crippen molar-refractivity contribution in [2.75, 3.05) is 18.5 Å². The first kappa shape index (κ1) is 21.3. The van der Waals surface area contributed by atoms with Gasteiger partial charge in [-0.25, -0.2) is 4.79 Å². The van der Waals surface area contributed by atoms with Gasteiger partial charge in [0.15, 0.2) is 0 Å². The van der Waals surface area contributed by atoms with E-state index in [1.807, 2.05) is 0 Å². The number of nitrogens with zero attached hydrogens (tertiary/aromatic N) is 1. The molecule has 0 spiro atoms. The highest BCUT2D eigenvalue weighted by atomic mass is 16.5. The van der Waals surface area contributed by atoms with E-state index >= 15 is 0 Å². The topological polar surface area (TPSA) is 122 Å². The Bertz CT molecular complexity index is 1100. The maximum Gasteiger partial charge on any atom is 0.328 e. The number of fused-ring (bicyclic) bond motifs is 1. The van der Waals surface area contributed by atoms with E-state index < -0.39 is 11.9 Å². The van der Waals surface area contributed by atoms with E-state index in [1.54, 1.807) is 36.4 Å². The summed E-state index contributed by atoms with van der Waals surface area (Å²) in [7, 11) is 0. The van der Waals surface area contributed by atoms with Crippen LogP contribution >= 0.6 is 0 Å². The molecule has 1 unspecified atom stereocenters. The molecule has 1 saturated heterocycles. The van der Waals surface area contributed by atoms with Gasteiger partial charge in [-0.15, -0.1) is 0 Å². The van der Waals surface area contributed by atoms with Crippen molar-refractivity contribution in [1.82, 2.24) is 4.90 Å². The number of hydrogen-bond donors (Lipinski definition) is 2. The minimum absolute atomic E-state index is 0.119. The third-order valence-electron chi connectivity index (χ3n) is 5.09. The van der Waals surface area contributed by atoms with Crippen LogP contribution in [0.2, 0.25) is 0 Å². The summed E-state index contributed by atoms with van der Waals surface area (Å²) in [4.78, 5) is 48.7. The summed E-state index contributed by atoms with van der Waals surface area (Å²) in [6.45, 7) is 0.894. The Morgan fingerprint density at radius 1 is 1.06 bits per heavy atom. The number of aliphatic carboxylic acids is 1. The summed E-state index contributed by atoms with van der Waals surface area (Å²) in [5, 5.41) is 11.1. The van der Waals surface area contributed by atoms with E-state index in [2.05, 4.69) is 5.32 Å². The van der Waals surface area contributed by atoms with Crippen LogP contribution in [0.15, 0.2) is 54.6 Å². The van der Waals surface area contributed by atoms with Crippen molar-refractivity contribution in [2.45, 2.75) is 18.9 Å². The molecule has 4 rings (SSSR count). The molecule has 2 aliphatic heterocycles. The number of amides is 3. The van der Waals surface area contributed by atoms with E-state index in [4.69, 9.17) is 14.6 Å². The van der Waals surface area contributed by atoms with Crippen LogP contribution in [0.5, 0.6) is 11.5 Å². The number of anilines is 1. The maximum atomic E-state index is 12.8. The SMILES string of the molecule is O=C(O)/C=C/C(=O)Nc1ccc(Oc2ccc3c(c2)C(=O)N(CC2CCCO2)C3=O)cc1. The number of carbonyl (C=O) groups excluding carboxylic acids is 3. The summed E-state index contributed by atoms with van der Waals surface area (Å²) in [6, 6.07) is 11.1. The highest BCUT2D eigenvalue weighted by molar-refractivity contribution is 6.21. The first-order valence-corrected chi connectivity index (χ1v) is 10.0. The van der Waals surface area contributed by atoms with Gasteiger partial charge in [-0.2, -0.15) is 0 Å². The highest BCUT2D eigenvalue weighted by Gasteiger charge is 2.37. The molecule has 2 aliphatic rings. The average molecular weight is 436 g/mol. The van der Waals surface area contributed by atoms with Crippen LogP contribution in [0, 0.1) is 0 Å². The van der Waals surface area contributed by atoms with Gasteiger partial charge < -0.3 is 19.9 Å². The zero-order valence-electron chi connectivity index (χ0n) is 16.9. The van der Waals surface area contributed by atoms with Crippen molar-refractivity contribution in [3.8, 4) is 11.5 Å². The van der Waals surface area contributed by atoms with Crippen molar-refractivity contribution >= 4 is 29.4 Å². The van der Waals surface area contributed by atoms with Crippen LogP contribution in [0.1, 0.15) is 33.6 Å². The minimum Gasteiger partial charge on any atom is -0.478 e. The molecular weight excluding hydrogens is 416 g/mol. The Kier molecular flexibility index (Phi) is 6.00. The monoisotopic (exact) mass is 436 g/mol. The third kappa shape index (κ3) is 4.68. The number of rotatable bonds is 7. The molecule has 2 aromatic carbocycles. The van der Waals surface area contributed by atoms with Gasteiger partial charge in [-0.1, -0.05) is 0 Å². The fourth-order valence-corrected chi connectivity index (χ4v) is 3.56. The lowest BCUT2D eigenvalue weighted by atomic mass is 10.1. The average Bonchev–Trinajstić information content (AvgIpc) is 3.37. The minimum atomic E-state index is -1.21. The fraction of sp³-hybridized carbons (Fsp3) is 0.217. The quantitative estimate of drug-likeness (QED) is 0.505. The molecule has 1 atom stereocenters. The van der Waals surface area contributed by atoms with Crippen LogP contribution in [0.3, 0.4) is 0 Å². The van der Waals surface area contributed by atoms with Crippen molar-refractivity contribution in [3.05, 3.63) is 65.7 Å². The molecule has 2 N–H and O–H groups in total. The van der Waals surface area contributed by atoms with Gasteiger partial charge in [-0.3, -0.25) is 19.3 Å². The van der Waals surface area contributed by atoms with Gasteiger partial charge in [-0.05, 0) is 55.3 Å². The normalized spacial score (nSPS) is 17.6. The number of carbonyl (C=O) groups is 4. The Labute approximate surface area is 183 Å². The molecule has 164 valence electrons. The summed E-state index contributed by atoms with van der Waals surface area (Å²) in [6.07, 6.45) is 3.29. The van der Waals surface area contributed by atoms with Crippen LogP contribution in [-0.4, -0.2) is 53.0 Å². The standard InChI is InChI=1S/C23H20N2O7/c26-20(9-10-21(27)28)24-14-3-5-15(6-4-14)32-16-7-8-18-19(12-16)23(30)25(22(18)29)13-17-2-1-11-31-17/h3-10,12,17H,1-2,11,13H2,(H,24,26)(H,27,28)/b10-9+. The number of carboxylic acid groups (broad SMARTS) is 1. The summed E-state index contributed by atoms with van der Waals surface area (Å²) in [5.74, 6) is -1.63. The van der Waals surface area contributed by atoms with Gasteiger partial charge in [0.2, 0.25) is 5.91 Å². The molecule has 1 fully saturated rings. The molecule has 0 saturated carbocycles. The van der Waals surface area contributed by atoms with E-state index in [1.165, 1.54) is 11.0 Å². The lowest BCUT2D eigenvalue weighted by Gasteiger charge is -2.17. The summed E-state index contributed by atoms with van der Waals surface area (Å²) < 4.78 is 11.3. The Balaban J connectivity index is 1.41. The third-order valence-corrected chi connectivity index (χ3v) is 5.09. The zero-order chi connectivity index (χ0) is 22.7. The molecule has 32 heavy (non-hydrogen) atoms. The van der Waals surface area contributed by atoms with Crippen molar-refractivity contribution in [3.63, 3.8) is 0 Å². The molecular formula is C23H20N2O7. The van der Waals surface area contributed by atoms with Crippen molar-refractivity contribution < 1.29 is 33.8 Å². The molecule has 0 bridgehead atoms. The molecule has 9 nitrogen and oxygen atoms in total. The molecule has 0 aromatic heterocycles. The number of carboxylic acids is 1. The maximum absolute atomic E-state index is 12.8. The first-order valence-electron chi connectivity index (χ1n) is 10.0. The van der Waals surface area contributed by atoms with Crippen LogP contribution in [-0.2, 0) is 14.3 Å². The number of imide groups is 1. The summed E-state index contributed by atoms with van der Waals surface area (Å²) in [5.41, 5.74) is 1.09. The predicted molar refractivity (Wildman–Crippen MR) is 113 cm³/mol. The van der Waals surface area contributed by atoms with E-state index in [9.17, 15) is 19.2 Å². The fourth-order valence-electron chi connectivity index (χ4n) is 3.56. The second kappa shape index (κ2) is 9.03. The van der Waals surface area contributed by atoms with Gasteiger partial charge in [0.05, 0.1) is 23.8 Å². The number of nitrogens with one attached hydrogen (secondary N) is 1. The molecule has 3 amide bonds. The van der Waals surface area contributed by atoms with Gasteiger partial charge in [0, 0.05) is 24.4 Å². The van der Waals surface area contributed by atoms with E-state index in [-0.39, 0.29) is 24.5 Å². The number of benzene rings is 2. The van der Waals surface area contributed by atoms with Gasteiger partial charge >= 0.3 is 5.97 Å². The van der Waals surface area contributed by atoms with Crippen molar-refractivity contribution in [2.24, 2.45) is 0 Å². The lowest BCUT2D eigenvalue weighted by molar-refractivity contribution is -0.131. The van der Waals surface area contributed by atoms with E-state index in [0.29, 0.717) is 34.9 Å². The Morgan fingerprint density at radius 2 is 1.78 bits per heavy atom. The van der Waals surface area contributed by atoms with Gasteiger partial charge in [0.1, 0.15) is 11.5 Å². The molecule has 2 aromatic rings. The second-order valence-electron chi connectivity index (χ2n) is 7.35. The number of hydrogen-bond acceptors (Lipinski definition) is 6. The Hall–Kier alpha value is -3.98. The molecule has 2 heterocycles. The Morgan fingerprint density at radius 3 is 2.47 bits per heavy atom.